The summed E-state index contributed by atoms with van der Waals surface area (Å²) in [4.78, 5) is 25.1. The molecule has 1 aromatic carbocycles. The molecule has 3 aromatic rings. The molecule has 1 amide bonds. The number of aromatic nitrogens is 3. The Balaban J connectivity index is 1.60. The van der Waals surface area contributed by atoms with Crippen LogP contribution >= 0.6 is 0 Å². The molecule has 8 heteroatoms. The van der Waals surface area contributed by atoms with Gasteiger partial charge in [-0.1, -0.05) is 6.07 Å². The van der Waals surface area contributed by atoms with Crippen molar-refractivity contribution in [1.82, 2.24) is 20.3 Å². The first-order chi connectivity index (χ1) is 12.5. The second-order valence-corrected chi connectivity index (χ2v) is 6.14. The second-order valence-electron chi connectivity index (χ2n) is 6.14. The van der Waals surface area contributed by atoms with Gasteiger partial charge in [-0.3, -0.25) is 4.79 Å². The van der Waals surface area contributed by atoms with E-state index in [9.17, 15) is 9.18 Å². The van der Waals surface area contributed by atoms with E-state index in [4.69, 9.17) is 10.2 Å². The molecular weight excluding hydrogens is 337 g/mol. The molecule has 0 fully saturated rings. The monoisotopic (exact) mass is 353 g/mol. The number of aryl methyl sites for hydroxylation is 2. The molecule has 1 aliphatic rings. The van der Waals surface area contributed by atoms with Gasteiger partial charge in [0.2, 0.25) is 5.89 Å². The molecule has 0 spiro atoms. The SMILES string of the molecule is Cc1nc(C(=O)N[C@H]2CCc3ccc(F)cc32)c(N)nc1-c1ncco1. The predicted octanol–water partition coefficient (Wildman–Crippen LogP) is 2.58. The van der Waals surface area contributed by atoms with Gasteiger partial charge in [0.1, 0.15) is 17.8 Å². The van der Waals surface area contributed by atoms with E-state index in [1.807, 2.05) is 0 Å². The van der Waals surface area contributed by atoms with E-state index in [-0.39, 0.29) is 29.3 Å². The van der Waals surface area contributed by atoms with Gasteiger partial charge < -0.3 is 15.5 Å². The van der Waals surface area contributed by atoms with Crippen LogP contribution in [0.25, 0.3) is 11.6 Å². The van der Waals surface area contributed by atoms with Crippen molar-refractivity contribution in [2.75, 3.05) is 5.73 Å². The molecule has 2 heterocycles. The predicted molar refractivity (Wildman–Crippen MR) is 91.6 cm³/mol. The van der Waals surface area contributed by atoms with Gasteiger partial charge in [-0.25, -0.2) is 19.3 Å². The first kappa shape index (κ1) is 16.2. The number of carbonyl (C=O) groups is 1. The third-order valence-corrected chi connectivity index (χ3v) is 4.44. The minimum atomic E-state index is -0.445. The molecule has 1 aliphatic carbocycles. The van der Waals surface area contributed by atoms with Gasteiger partial charge in [-0.15, -0.1) is 0 Å². The summed E-state index contributed by atoms with van der Waals surface area (Å²) in [5.41, 5.74) is 8.64. The Labute approximate surface area is 148 Å². The van der Waals surface area contributed by atoms with E-state index >= 15 is 0 Å². The number of nitrogens with zero attached hydrogens (tertiary/aromatic N) is 3. The zero-order valence-electron chi connectivity index (χ0n) is 14.0. The summed E-state index contributed by atoms with van der Waals surface area (Å²) in [6, 6.07) is 4.36. The lowest BCUT2D eigenvalue weighted by molar-refractivity contribution is 0.0932. The number of halogens is 1. The topological polar surface area (TPSA) is 107 Å². The van der Waals surface area contributed by atoms with Crippen LogP contribution in [0, 0.1) is 12.7 Å². The fourth-order valence-corrected chi connectivity index (χ4v) is 3.19. The van der Waals surface area contributed by atoms with Crippen LogP contribution in [0.1, 0.15) is 39.8 Å². The zero-order chi connectivity index (χ0) is 18.3. The number of amides is 1. The number of hydrogen-bond acceptors (Lipinski definition) is 6. The molecule has 26 heavy (non-hydrogen) atoms. The Bertz CT molecular complexity index is 987. The average Bonchev–Trinajstić information content (AvgIpc) is 3.27. The summed E-state index contributed by atoms with van der Waals surface area (Å²) in [7, 11) is 0. The summed E-state index contributed by atoms with van der Waals surface area (Å²) in [5.74, 6) is -0.498. The molecule has 4 rings (SSSR count). The number of oxazole rings is 1. The maximum Gasteiger partial charge on any atom is 0.274 e. The Morgan fingerprint density at radius 3 is 3.00 bits per heavy atom. The number of nitrogens with one attached hydrogen (secondary N) is 1. The van der Waals surface area contributed by atoms with Crippen molar-refractivity contribution in [1.29, 1.82) is 0 Å². The Morgan fingerprint density at radius 2 is 2.23 bits per heavy atom. The van der Waals surface area contributed by atoms with E-state index in [1.165, 1.54) is 24.6 Å². The third kappa shape index (κ3) is 2.79. The van der Waals surface area contributed by atoms with Crippen molar-refractivity contribution in [2.45, 2.75) is 25.8 Å². The van der Waals surface area contributed by atoms with Crippen LogP contribution in [-0.4, -0.2) is 20.9 Å². The number of carbonyl (C=O) groups excluding carboxylic acids is 1. The molecular formula is C18H16FN5O2. The highest BCUT2D eigenvalue weighted by atomic mass is 19.1. The van der Waals surface area contributed by atoms with E-state index in [1.54, 1.807) is 13.0 Å². The van der Waals surface area contributed by atoms with E-state index < -0.39 is 5.91 Å². The van der Waals surface area contributed by atoms with E-state index in [2.05, 4.69) is 20.3 Å². The van der Waals surface area contributed by atoms with Gasteiger partial charge in [-0.2, -0.15) is 0 Å². The molecule has 0 radical (unpaired) electrons. The minimum absolute atomic E-state index is 0.0150. The summed E-state index contributed by atoms with van der Waals surface area (Å²) in [6.07, 6.45) is 4.39. The second kappa shape index (κ2) is 6.21. The lowest BCUT2D eigenvalue weighted by Gasteiger charge is -2.15. The lowest BCUT2D eigenvalue weighted by Crippen LogP contribution is -2.29. The summed E-state index contributed by atoms with van der Waals surface area (Å²) in [5, 5.41) is 2.87. The van der Waals surface area contributed by atoms with Crippen LogP contribution in [-0.2, 0) is 6.42 Å². The molecule has 0 unspecified atom stereocenters. The van der Waals surface area contributed by atoms with Crippen molar-refractivity contribution in [3.8, 4) is 11.6 Å². The van der Waals surface area contributed by atoms with Crippen molar-refractivity contribution >= 4 is 11.7 Å². The maximum absolute atomic E-state index is 13.5. The van der Waals surface area contributed by atoms with Crippen molar-refractivity contribution in [3.05, 3.63) is 59.0 Å². The van der Waals surface area contributed by atoms with Crippen molar-refractivity contribution < 1.29 is 13.6 Å². The Kier molecular flexibility index (Phi) is 3.87. The maximum atomic E-state index is 13.5. The highest BCUT2D eigenvalue weighted by molar-refractivity contribution is 5.97. The van der Waals surface area contributed by atoms with Crippen LogP contribution in [0.4, 0.5) is 10.2 Å². The number of benzene rings is 1. The largest absolute Gasteiger partial charge is 0.443 e. The Hall–Kier alpha value is -3.29. The highest BCUT2D eigenvalue weighted by Gasteiger charge is 2.27. The average molecular weight is 353 g/mol. The van der Waals surface area contributed by atoms with E-state index in [0.29, 0.717) is 17.8 Å². The van der Waals surface area contributed by atoms with Crippen LogP contribution in [0.2, 0.25) is 0 Å². The molecule has 7 nitrogen and oxygen atoms in total. The quantitative estimate of drug-likeness (QED) is 0.749. The number of fused-ring (bicyclic) bond motifs is 1. The van der Waals surface area contributed by atoms with Crippen LogP contribution < -0.4 is 11.1 Å². The van der Waals surface area contributed by atoms with Crippen molar-refractivity contribution in [3.63, 3.8) is 0 Å². The number of nitrogens with two attached hydrogens (primary N) is 1. The van der Waals surface area contributed by atoms with Crippen LogP contribution in [0.3, 0.4) is 0 Å². The summed E-state index contributed by atoms with van der Waals surface area (Å²) in [6.45, 7) is 1.70. The zero-order valence-corrected chi connectivity index (χ0v) is 14.0. The fourth-order valence-electron chi connectivity index (χ4n) is 3.19. The lowest BCUT2D eigenvalue weighted by atomic mass is 10.1. The van der Waals surface area contributed by atoms with Gasteiger partial charge in [0.05, 0.1) is 17.9 Å². The smallest absolute Gasteiger partial charge is 0.274 e. The molecule has 1 atom stereocenters. The summed E-state index contributed by atoms with van der Waals surface area (Å²) >= 11 is 0. The molecule has 0 bridgehead atoms. The first-order valence-corrected chi connectivity index (χ1v) is 8.16. The third-order valence-electron chi connectivity index (χ3n) is 4.44. The van der Waals surface area contributed by atoms with Gasteiger partial charge in [0, 0.05) is 0 Å². The van der Waals surface area contributed by atoms with Gasteiger partial charge in [0.15, 0.2) is 11.5 Å². The first-order valence-electron chi connectivity index (χ1n) is 8.16. The molecule has 2 aromatic heterocycles. The van der Waals surface area contributed by atoms with Gasteiger partial charge in [-0.05, 0) is 43.0 Å². The van der Waals surface area contributed by atoms with Gasteiger partial charge in [0.25, 0.3) is 5.91 Å². The van der Waals surface area contributed by atoms with Gasteiger partial charge >= 0.3 is 0 Å². The van der Waals surface area contributed by atoms with E-state index in [0.717, 1.165) is 17.5 Å². The molecule has 0 saturated carbocycles. The molecule has 0 aliphatic heterocycles. The number of anilines is 1. The van der Waals surface area contributed by atoms with Crippen LogP contribution in [0.5, 0.6) is 0 Å². The normalized spacial score (nSPS) is 15.7. The Morgan fingerprint density at radius 1 is 1.38 bits per heavy atom. The molecule has 132 valence electrons. The standard InChI is InChI=1S/C18H16FN5O2/c1-9-14(18-21-6-7-26-18)24-16(20)15(22-9)17(25)23-13-5-3-10-2-4-11(19)8-12(10)13/h2,4,6-8,13H,3,5H2,1H3,(H2,20,24)(H,23,25)/t13-/m0/s1. The van der Waals surface area contributed by atoms with Crippen molar-refractivity contribution in [2.24, 2.45) is 0 Å². The highest BCUT2D eigenvalue weighted by Crippen LogP contribution is 2.32. The fraction of sp³-hybridized carbons (Fsp3) is 0.222. The number of nitrogen functional groups attached to an aromatic ring is 1. The molecule has 0 saturated heterocycles. The van der Waals surface area contributed by atoms with Crippen LogP contribution in [0.15, 0.2) is 35.1 Å². The minimum Gasteiger partial charge on any atom is -0.443 e. The molecule has 3 N–H and O–H groups in total. The number of hydrogen-bond donors (Lipinski definition) is 2. The number of rotatable bonds is 3. The summed E-state index contributed by atoms with van der Waals surface area (Å²) < 4.78 is 18.7.